The van der Waals surface area contributed by atoms with E-state index in [1.165, 1.54) is 0 Å². The van der Waals surface area contributed by atoms with Crippen molar-refractivity contribution in [1.29, 1.82) is 0 Å². The molecule has 2 N–H and O–H groups in total. The predicted octanol–water partition coefficient (Wildman–Crippen LogP) is 3.64. The summed E-state index contributed by atoms with van der Waals surface area (Å²) in [6, 6.07) is 0.268. The Morgan fingerprint density at radius 1 is 1.41 bits per heavy atom. The lowest BCUT2D eigenvalue weighted by Gasteiger charge is -2.19. The average Bonchev–Trinajstić information content (AvgIpc) is 2.48. The van der Waals surface area contributed by atoms with E-state index in [1.54, 1.807) is 0 Å². The summed E-state index contributed by atoms with van der Waals surface area (Å²) in [5.41, 5.74) is 7.76. The zero-order valence-corrected chi connectivity index (χ0v) is 11.9. The number of primary amides is 1. The summed E-state index contributed by atoms with van der Waals surface area (Å²) >= 11 is 6.33. The topological polar surface area (TPSA) is 48.0 Å². The molecule has 96 valence electrons. The second kappa shape index (κ2) is 5.13. The zero-order chi connectivity index (χ0) is 13.3. The van der Waals surface area contributed by atoms with Crippen molar-refractivity contribution in [3.8, 4) is 0 Å². The Kier molecular flexibility index (Phi) is 4.26. The van der Waals surface area contributed by atoms with Crippen LogP contribution in [0.3, 0.4) is 0 Å². The van der Waals surface area contributed by atoms with Gasteiger partial charge in [0.1, 0.15) is 0 Å². The molecule has 0 aliphatic rings. The van der Waals surface area contributed by atoms with E-state index in [0.717, 1.165) is 17.8 Å². The Hall–Kier alpha value is -0.960. The Morgan fingerprint density at radius 2 is 1.94 bits per heavy atom. The number of halogens is 1. The number of aromatic nitrogens is 1. The first-order valence-corrected chi connectivity index (χ1v) is 6.40. The number of amides is 1. The van der Waals surface area contributed by atoms with E-state index in [1.807, 2.05) is 6.92 Å². The van der Waals surface area contributed by atoms with Gasteiger partial charge in [-0.05, 0) is 33.1 Å². The van der Waals surface area contributed by atoms with Gasteiger partial charge in [0, 0.05) is 17.4 Å². The van der Waals surface area contributed by atoms with Crippen molar-refractivity contribution in [1.82, 2.24) is 4.57 Å². The van der Waals surface area contributed by atoms with E-state index >= 15 is 0 Å². The van der Waals surface area contributed by atoms with Crippen LogP contribution in [0.15, 0.2) is 0 Å². The van der Waals surface area contributed by atoms with Crippen molar-refractivity contribution in [3.63, 3.8) is 0 Å². The van der Waals surface area contributed by atoms with Crippen molar-refractivity contribution >= 4 is 17.5 Å². The highest BCUT2D eigenvalue weighted by atomic mass is 35.5. The van der Waals surface area contributed by atoms with Crippen LogP contribution in [0.25, 0.3) is 0 Å². The monoisotopic (exact) mass is 256 g/mol. The largest absolute Gasteiger partial charge is 0.365 e. The van der Waals surface area contributed by atoms with E-state index in [2.05, 4.69) is 32.3 Å². The lowest BCUT2D eigenvalue weighted by Crippen LogP contribution is -2.13. The van der Waals surface area contributed by atoms with Crippen LogP contribution in [-0.2, 0) is 0 Å². The second-order valence-corrected chi connectivity index (χ2v) is 5.17. The van der Waals surface area contributed by atoms with Crippen molar-refractivity contribution in [2.45, 2.75) is 53.0 Å². The fraction of sp³-hybridized carbons (Fsp3) is 0.615. The molecule has 1 aromatic heterocycles. The molecule has 0 aliphatic heterocycles. The minimum atomic E-state index is -0.448. The molecule has 1 amide bonds. The molecule has 0 saturated carbocycles. The van der Waals surface area contributed by atoms with E-state index in [0.29, 0.717) is 16.5 Å². The molecule has 0 aliphatic carbocycles. The van der Waals surface area contributed by atoms with Gasteiger partial charge >= 0.3 is 0 Å². The normalized spacial score (nSPS) is 13.1. The van der Waals surface area contributed by atoms with Gasteiger partial charge in [-0.25, -0.2) is 0 Å². The smallest absolute Gasteiger partial charge is 0.252 e. The summed E-state index contributed by atoms with van der Waals surface area (Å²) in [5.74, 6) is -0.131. The van der Waals surface area contributed by atoms with Crippen LogP contribution in [0.5, 0.6) is 0 Å². The quantitative estimate of drug-likeness (QED) is 0.878. The minimum absolute atomic E-state index is 0.268. The maximum atomic E-state index is 11.5. The number of rotatable bonds is 4. The fourth-order valence-corrected chi connectivity index (χ4v) is 2.80. The van der Waals surface area contributed by atoms with Crippen LogP contribution in [0, 0.1) is 6.92 Å². The van der Waals surface area contributed by atoms with Crippen molar-refractivity contribution in [2.24, 2.45) is 5.73 Å². The first-order valence-electron chi connectivity index (χ1n) is 6.02. The van der Waals surface area contributed by atoms with Gasteiger partial charge in [-0.15, -0.1) is 0 Å². The first-order chi connectivity index (χ1) is 7.82. The van der Waals surface area contributed by atoms with Crippen LogP contribution in [0.1, 0.15) is 67.8 Å². The number of nitrogens with two attached hydrogens (primary N) is 1. The van der Waals surface area contributed by atoms with Crippen LogP contribution >= 0.6 is 11.6 Å². The van der Waals surface area contributed by atoms with Crippen LogP contribution < -0.4 is 5.73 Å². The summed E-state index contributed by atoms with van der Waals surface area (Å²) in [5, 5.41) is 0.526. The molecular formula is C13H21ClN2O. The molecule has 4 heteroatoms. The third-order valence-corrected chi connectivity index (χ3v) is 3.65. The minimum Gasteiger partial charge on any atom is -0.365 e. The molecule has 1 unspecified atom stereocenters. The molecular weight excluding hydrogens is 236 g/mol. The molecule has 17 heavy (non-hydrogen) atoms. The van der Waals surface area contributed by atoms with Crippen LogP contribution in [0.4, 0.5) is 0 Å². The maximum absolute atomic E-state index is 11.5. The highest BCUT2D eigenvalue weighted by Gasteiger charge is 2.25. The van der Waals surface area contributed by atoms with Crippen molar-refractivity contribution in [3.05, 3.63) is 22.0 Å². The molecule has 1 heterocycles. The first kappa shape index (κ1) is 14.1. The standard InChI is InChI=1S/C13H21ClN2O/c1-6-8(4)12-11(14)10(13(15)17)9(5)16(12)7(2)3/h7-8H,6H2,1-5H3,(H2,15,17). The van der Waals surface area contributed by atoms with Gasteiger partial charge in [0.25, 0.3) is 5.91 Å². The molecule has 0 bridgehead atoms. The molecule has 1 aromatic rings. The molecule has 0 spiro atoms. The van der Waals surface area contributed by atoms with Gasteiger partial charge < -0.3 is 10.3 Å². The van der Waals surface area contributed by atoms with E-state index in [-0.39, 0.29) is 6.04 Å². The number of carbonyl (C=O) groups excluding carboxylic acids is 1. The van der Waals surface area contributed by atoms with Crippen LogP contribution in [-0.4, -0.2) is 10.5 Å². The molecule has 1 rings (SSSR count). The molecule has 0 saturated heterocycles. The Morgan fingerprint density at radius 3 is 2.29 bits per heavy atom. The predicted molar refractivity (Wildman–Crippen MR) is 71.8 cm³/mol. The van der Waals surface area contributed by atoms with Gasteiger partial charge in [-0.1, -0.05) is 25.4 Å². The summed E-state index contributed by atoms with van der Waals surface area (Å²) < 4.78 is 2.12. The Balaban J connectivity index is 3.56. The molecule has 1 atom stereocenters. The molecule has 0 radical (unpaired) electrons. The number of nitrogens with zero attached hydrogens (tertiary/aromatic N) is 1. The van der Waals surface area contributed by atoms with E-state index in [4.69, 9.17) is 17.3 Å². The van der Waals surface area contributed by atoms with Crippen LogP contribution in [0.2, 0.25) is 5.02 Å². The number of hydrogen-bond donors (Lipinski definition) is 1. The number of hydrogen-bond acceptors (Lipinski definition) is 1. The van der Waals surface area contributed by atoms with Gasteiger partial charge in [-0.2, -0.15) is 0 Å². The molecule has 3 nitrogen and oxygen atoms in total. The molecule has 0 fully saturated rings. The molecule has 0 aromatic carbocycles. The van der Waals surface area contributed by atoms with E-state index in [9.17, 15) is 4.79 Å². The highest BCUT2D eigenvalue weighted by Crippen LogP contribution is 2.36. The average molecular weight is 257 g/mol. The summed E-state index contributed by atoms with van der Waals surface area (Å²) in [6.45, 7) is 10.3. The van der Waals surface area contributed by atoms with Gasteiger partial charge in [0.15, 0.2) is 0 Å². The van der Waals surface area contributed by atoms with E-state index < -0.39 is 5.91 Å². The summed E-state index contributed by atoms with van der Waals surface area (Å²) in [7, 11) is 0. The third kappa shape index (κ3) is 2.34. The van der Waals surface area contributed by atoms with Crippen molar-refractivity contribution < 1.29 is 4.79 Å². The summed E-state index contributed by atoms with van der Waals surface area (Å²) in [6.07, 6.45) is 0.980. The third-order valence-electron chi connectivity index (χ3n) is 3.27. The second-order valence-electron chi connectivity index (χ2n) is 4.80. The lowest BCUT2D eigenvalue weighted by atomic mass is 10.0. The Bertz CT molecular complexity index is 435. The van der Waals surface area contributed by atoms with Gasteiger partial charge in [-0.3, -0.25) is 4.79 Å². The highest BCUT2D eigenvalue weighted by molar-refractivity contribution is 6.34. The van der Waals surface area contributed by atoms with Gasteiger partial charge in [0.05, 0.1) is 10.6 Å². The van der Waals surface area contributed by atoms with Crippen molar-refractivity contribution in [2.75, 3.05) is 0 Å². The summed E-state index contributed by atoms with van der Waals surface area (Å²) in [4.78, 5) is 11.5. The zero-order valence-electron chi connectivity index (χ0n) is 11.2. The fourth-order valence-electron chi connectivity index (χ4n) is 2.29. The van der Waals surface area contributed by atoms with Gasteiger partial charge in [0.2, 0.25) is 0 Å². The number of carbonyl (C=O) groups is 1. The maximum Gasteiger partial charge on any atom is 0.252 e. The lowest BCUT2D eigenvalue weighted by molar-refractivity contribution is 0.0999. The SMILES string of the molecule is CCC(C)c1c(Cl)c(C(N)=O)c(C)n1C(C)C. The Labute approximate surface area is 108 Å².